The minimum absolute atomic E-state index is 0.275. The van der Waals surface area contributed by atoms with Crippen LogP contribution in [-0.2, 0) is 5.41 Å². The molecule has 0 saturated carbocycles. The lowest BCUT2D eigenvalue weighted by Gasteiger charge is -2.36. The maximum atomic E-state index is 5.16. The van der Waals surface area contributed by atoms with Gasteiger partial charge in [-0.2, -0.15) is 0 Å². The quantitative estimate of drug-likeness (QED) is 0.507. The number of piperidine rings is 1. The van der Waals surface area contributed by atoms with E-state index in [1.54, 1.807) is 11.1 Å². The van der Waals surface area contributed by atoms with E-state index in [0.29, 0.717) is 11.8 Å². The first-order valence-electron chi connectivity index (χ1n) is 12.9. The van der Waals surface area contributed by atoms with Crippen LogP contribution in [0.3, 0.4) is 0 Å². The Kier molecular flexibility index (Phi) is 6.48. The lowest BCUT2D eigenvalue weighted by Crippen LogP contribution is -2.36. The molecule has 2 atom stereocenters. The van der Waals surface area contributed by atoms with Crippen molar-refractivity contribution in [3.63, 3.8) is 0 Å². The van der Waals surface area contributed by atoms with Gasteiger partial charge in [-0.25, -0.2) is 4.98 Å². The van der Waals surface area contributed by atoms with Crippen molar-refractivity contribution in [3.8, 4) is 11.3 Å². The Morgan fingerprint density at radius 1 is 1.09 bits per heavy atom. The Morgan fingerprint density at radius 2 is 1.91 bits per heavy atom. The topological polar surface area (TPSA) is 19.4 Å². The molecule has 5 rings (SSSR count). The molecular formula is C28H41N3S. The number of aromatic nitrogens is 1. The highest BCUT2D eigenvalue weighted by Gasteiger charge is 2.31. The smallest absolute Gasteiger partial charge is 0.0964 e. The van der Waals surface area contributed by atoms with Crippen LogP contribution in [-0.4, -0.2) is 54.1 Å². The van der Waals surface area contributed by atoms with Gasteiger partial charge < -0.3 is 9.80 Å². The normalized spacial score (nSPS) is 27.0. The highest BCUT2D eigenvalue weighted by atomic mass is 32.1. The third-order valence-electron chi connectivity index (χ3n) is 8.72. The zero-order valence-corrected chi connectivity index (χ0v) is 21.4. The number of thiazole rings is 1. The molecule has 32 heavy (non-hydrogen) atoms. The summed E-state index contributed by atoms with van der Waals surface area (Å²) in [6.07, 6.45) is 9.24. The summed E-state index contributed by atoms with van der Waals surface area (Å²) in [4.78, 5) is 10.4. The van der Waals surface area contributed by atoms with E-state index in [0.717, 1.165) is 6.04 Å². The third-order valence-corrected chi connectivity index (χ3v) is 9.73. The predicted molar refractivity (Wildman–Crippen MR) is 137 cm³/mol. The highest BCUT2D eigenvalue weighted by molar-refractivity contribution is 7.10. The van der Waals surface area contributed by atoms with Gasteiger partial charge in [-0.1, -0.05) is 32.9 Å². The van der Waals surface area contributed by atoms with Crippen molar-refractivity contribution in [2.24, 2.45) is 0 Å². The van der Waals surface area contributed by atoms with E-state index >= 15 is 0 Å². The third kappa shape index (κ3) is 4.56. The predicted octanol–water partition coefficient (Wildman–Crippen LogP) is 6.65. The van der Waals surface area contributed by atoms with E-state index in [4.69, 9.17) is 4.98 Å². The van der Waals surface area contributed by atoms with Crippen molar-refractivity contribution < 1.29 is 0 Å². The van der Waals surface area contributed by atoms with E-state index < -0.39 is 0 Å². The van der Waals surface area contributed by atoms with Gasteiger partial charge in [0.25, 0.3) is 0 Å². The van der Waals surface area contributed by atoms with Crippen LogP contribution in [0, 0.1) is 0 Å². The Morgan fingerprint density at radius 3 is 2.66 bits per heavy atom. The molecule has 174 valence electrons. The summed E-state index contributed by atoms with van der Waals surface area (Å²) in [5, 5.41) is 3.67. The van der Waals surface area contributed by atoms with Crippen LogP contribution in [0.4, 0.5) is 0 Å². The summed E-state index contributed by atoms with van der Waals surface area (Å²) in [5.74, 6) is 1.32. The van der Waals surface area contributed by atoms with Crippen LogP contribution in [0.2, 0.25) is 0 Å². The number of hydrogen-bond acceptors (Lipinski definition) is 4. The maximum Gasteiger partial charge on any atom is 0.0964 e. The summed E-state index contributed by atoms with van der Waals surface area (Å²) < 4.78 is 0. The van der Waals surface area contributed by atoms with Crippen molar-refractivity contribution >= 4 is 11.3 Å². The van der Waals surface area contributed by atoms with E-state index in [9.17, 15) is 0 Å². The molecule has 0 bridgehead atoms. The molecule has 0 N–H and O–H groups in total. The van der Waals surface area contributed by atoms with E-state index in [-0.39, 0.29) is 5.41 Å². The van der Waals surface area contributed by atoms with E-state index in [2.05, 4.69) is 61.2 Å². The Hall–Kier alpha value is -1.23. The van der Waals surface area contributed by atoms with Gasteiger partial charge in [-0.3, -0.25) is 0 Å². The first-order chi connectivity index (χ1) is 15.4. The van der Waals surface area contributed by atoms with Crippen LogP contribution >= 0.6 is 11.3 Å². The Balaban J connectivity index is 1.21. The average Bonchev–Trinajstić information content (AvgIpc) is 3.45. The molecule has 0 amide bonds. The SMILES string of the molecule is CC1CCC(C)(C)c2cc(-c3csc(C4CCN(CCC5CCCN5C)CC4)n3)ccc21. The summed E-state index contributed by atoms with van der Waals surface area (Å²) in [6.45, 7) is 12.2. The van der Waals surface area contributed by atoms with Gasteiger partial charge in [0.05, 0.1) is 10.7 Å². The summed E-state index contributed by atoms with van der Waals surface area (Å²) in [5.41, 5.74) is 5.87. The Bertz CT molecular complexity index is 925. The molecule has 0 radical (unpaired) electrons. The minimum Gasteiger partial charge on any atom is -0.303 e. The zero-order chi connectivity index (χ0) is 22.3. The Labute approximate surface area is 199 Å². The van der Waals surface area contributed by atoms with Crippen LogP contribution < -0.4 is 0 Å². The van der Waals surface area contributed by atoms with Crippen molar-refractivity contribution in [1.82, 2.24) is 14.8 Å². The molecule has 2 fully saturated rings. The molecule has 4 heteroatoms. The van der Waals surface area contributed by atoms with Gasteiger partial charge in [0.15, 0.2) is 0 Å². The fourth-order valence-electron chi connectivity index (χ4n) is 6.29. The van der Waals surface area contributed by atoms with Gasteiger partial charge in [-0.15, -0.1) is 11.3 Å². The molecule has 3 heterocycles. The monoisotopic (exact) mass is 451 g/mol. The van der Waals surface area contributed by atoms with Gasteiger partial charge in [0.1, 0.15) is 0 Å². The summed E-state index contributed by atoms with van der Waals surface area (Å²) in [7, 11) is 2.30. The number of likely N-dealkylation sites (tertiary alicyclic amines) is 2. The second kappa shape index (κ2) is 9.19. The maximum absolute atomic E-state index is 5.16. The molecule has 1 aromatic carbocycles. The number of fused-ring (bicyclic) bond motifs is 1. The van der Waals surface area contributed by atoms with Crippen LogP contribution in [0.15, 0.2) is 23.6 Å². The highest BCUT2D eigenvalue weighted by Crippen LogP contribution is 2.44. The van der Waals surface area contributed by atoms with Gasteiger partial charge >= 0.3 is 0 Å². The zero-order valence-electron chi connectivity index (χ0n) is 20.6. The molecule has 1 aliphatic carbocycles. The van der Waals surface area contributed by atoms with E-state index in [1.165, 1.54) is 87.4 Å². The van der Waals surface area contributed by atoms with Gasteiger partial charge in [0.2, 0.25) is 0 Å². The van der Waals surface area contributed by atoms with Crippen LogP contribution in [0.5, 0.6) is 0 Å². The molecule has 2 saturated heterocycles. The number of rotatable bonds is 5. The lowest BCUT2D eigenvalue weighted by atomic mass is 9.69. The van der Waals surface area contributed by atoms with Crippen molar-refractivity contribution in [2.45, 2.75) is 89.0 Å². The summed E-state index contributed by atoms with van der Waals surface area (Å²) in [6, 6.07) is 7.97. The second-order valence-corrected chi connectivity index (χ2v) is 12.3. The number of hydrogen-bond donors (Lipinski definition) is 0. The van der Waals surface area contributed by atoms with Crippen molar-refractivity contribution in [1.29, 1.82) is 0 Å². The van der Waals surface area contributed by atoms with Crippen molar-refractivity contribution in [3.05, 3.63) is 39.7 Å². The molecule has 1 aromatic heterocycles. The summed E-state index contributed by atoms with van der Waals surface area (Å²) >= 11 is 1.89. The van der Waals surface area contributed by atoms with Gasteiger partial charge in [-0.05, 0) is 107 Å². The fourth-order valence-corrected chi connectivity index (χ4v) is 7.29. The standard InChI is InChI=1S/C28H41N3S/c1-20-9-13-28(2,3)25-18-22(7-8-24(20)25)26-19-32-27(29-26)21-10-15-31(16-11-21)17-12-23-6-5-14-30(23)4/h7-8,18-21,23H,5-6,9-17H2,1-4H3. The molecular weight excluding hydrogens is 410 g/mol. The number of benzene rings is 1. The number of nitrogens with zero attached hydrogens (tertiary/aromatic N) is 3. The molecule has 0 spiro atoms. The molecule has 2 aliphatic heterocycles. The van der Waals surface area contributed by atoms with E-state index in [1.807, 2.05) is 11.3 Å². The molecule has 3 aliphatic rings. The van der Waals surface area contributed by atoms with Gasteiger partial charge in [0, 0.05) is 22.9 Å². The lowest BCUT2D eigenvalue weighted by molar-refractivity contribution is 0.186. The molecule has 3 nitrogen and oxygen atoms in total. The van der Waals surface area contributed by atoms with Crippen LogP contribution in [0.1, 0.15) is 93.7 Å². The fraction of sp³-hybridized carbons (Fsp3) is 0.679. The first kappa shape index (κ1) is 22.6. The van der Waals surface area contributed by atoms with Crippen LogP contribution in [0.25, 0.3) is 11.3 Å². The largest absolute Gasteiger partial charge is 0.303 e. The molecule has 2 aromatic rings. The minimum atomic E-state index is 0.275. The first-order valence-corrected chi connectivity index (χ1v) is 13.8. The average molecular weight is 452 g/mol. The second-order valence-electron chi connectivity index (χ2n) is 11.4. The molecule has 2 unspecified atom stereocenters. The van der Waals surface area contributed by atoms with Crippen molar-refractivity contribution in [2.75, 3.05) is 33.2 Å².